The predicted molar refractivity (Wildman–Crippen MR) is 65.0 cm³/mol. The largest absolute Gasteiger partial charge is 0.497 e. The fraction of sp³-hybridized carbons (Fsp3) is 0.455. The molecule has 0 heterocycles. The first-order valence-electron chi connectivity index (χ1n) is 5.03. The molecular weight excluding hydrogens is 248 g/mol. The molecule has 1 rings (SSSR count). The standard InChI is InChI=1S/C11H15ClO3S/c1-15-10-5-4-6-11(9-10)16(13,14)8-3-2-7-12/h4-6,9H,2-3,7-8H2,1H3. The van der Waals surface area contributed by atoms with Crippen molar-refractivity contribution in [3.8, 4) is 5.75 Å². The fourth-order valence-corrected chi connectivity index (χ4v) is 2.89. The smallest absolute Gasteiger partial charge is 0.178 e. The molecular formula is C11H15ClO3S. The number of halogens is 1. The van der Waals surface area contributed by atoms with E-state index in [2.05, 4.69) is 0 Å². The summed E-state index contributed by atoms with van der Waals surface area (Å²) in [5, 5.41) is 0. The highest BCUT2D eigenvalue weighted by atomic mass is 35.5. The minimum atomic E-state index is -3.20. The van der Waals surface area contributed by atoms with Gasteiger partial charge in [-0.25, -0.2) is 8.42 Å². The first kappa shape index (κ1) is 13.3. The highest BCUT2D eigenvalue weighted by Crippen LogP contribution is 2.19. The lowest BCUT2D eigenvalue weighted by Crippen LogP contribution is -2.07. The van der Waals surface area contributed by atoms with Crippen LogP contribution in [0, 0.1) is 0 Å². The highest BCUT2D eigenvalue weighted by Gasteiger charge is 2.14. The molecule has 1 aromatic carbocycles. The predicted octanol–water partition coefficient (Wildman–Crippen LogP) is 2.49. The van der Waals surface area contributed by atoms with Crippen molar-refractivity contribution in [1.82, 2.24) is 0 Å². The Morgan fingerprint density at radius 2 is 2.06 bits per heavy atom. The van der Waals surface area contributed by atoms with Gasteiger partial charge in [-0.05, 0) is 31.0 Å². The van der Waals surface area contributed by atoms with Gasteiger partial charge in [0.1, 0.15) is 5.75 Å². The van der Waals surface area contributed by atoms with Crippen LogP contribution in [0.1, 0.15) is 12.8 Å². The summed E-state index contributed by atoms with van der Waals surface area (Å²) < 4.78 is 28.7. The summed E-state index contributed by atoms with van der Waals surface area (Å²) in [5.74, 6) is 1.18. The van der Waals surface area contributed by atoms with E-state index in [9.17, 15) is 8.42 Å². The molecule has 0 N–H and O–H groups in total. The topological polar surface area (TPSA) is 43.4 Å². The average molecular weight is 263 g/mol. The molecule has 0 saturated carbocycles. The lowest BCUT2D eigenvalue weighted by Gasteiger charge is -2.05. The van der Waals surface area contributed by atoms with E-state index in [1.807, 2.05) is 0 Å². The first-order valence-corrected chi connectivity index (χ1v) is 7.21. The molecule has 0 aliphatic carbocycles. The molecule has 0 aliphatic heterocycles. The molecule has 0 bridgehead atoms. The van der Waals surface area contributed by atoms with Crippen LogP contribution in [0.5, 0.6) is 5.75 Å². The summed E-state index contributed by atoms with van der Waals surface area (Å²) in [6, 6.07) is 6.51. The first-order chi connectivity index (χ1) is 7.60. The Morgan fingerprint density at radius 3 is 2.69 bits per heavy atom. The van der Waals surface area contributed by atoms with Crippen molar-refractivity contribution in [3.05, 3.63) is 24.3 Å². The molecule has 0 unspecified atom stereocenters. The van der Waals surface area contributed by atoms with E-state index in [0.29, 0.717) is 29.4 Å². The van der Waals surface area contributed by atoms with Crippen LogP contribution >= 0.6 is 11.6 Å². The molecule has 90 valence electrons. The summed E-state index contributed by atoms with van der Waals surface area (Å²) >= 11 is 5.51. The number of unbranched alkanes of at least 4 members (excludes halogenated alkanes) is 1. The Morgan fingerprint density at radius 1 is 1.31 bits per heavy atom. The summed E-state index contributed by atoms with van der Waals surface area (Å²) in [6.07, 6.45) is 1.30. The van der Waals surface area contributed by atoms with Crippen LogP contribution in [0.2, 0.25) is 0 Å². The number of benzene rings is 1. The van der Waals surface area contributed by atoms with Crippen LogP contribution in [0.4, 0.5) is 0 Å². The second-order valence-corrected chi connectivity index (χ2v) is 5.88. The van der Waals surface area contributed by atoms with Gasteiger partial charge in [0.15, 0.2) is 9.84 Å². The van der Waals surface area contributed by atoms with Crippen molar-refractivity contribution in [2.75, 3.05) is 18.7 Å². The van der Waals surface area contributed by atoms with Crippen LogP contribution in [0.3, 0.4) is 0 Å². The lowest BCUT2D eigenvalue weighted by atomic mass is 10.3. The highest BCUT2D eigenvalue weighted by molar-refractivity contribution is 7.91. The number of rotatable bonds is 6. The minimum absolute atomic E-state index is 0.132. The molecule has 0 saturated heterocycles. The monoisotopic (exact) mass is 262 g/mol. The lowest BCUT2D eigenvalue weighted by molar-refractivity contribution is 0.413. The van der Waals surface area contributed by atoms with Gasteiger partial charge in [0.05, 0.1) is 17.8 Å². The summed E-state index contributed by atoms with van der Waals surface area (Å²) in [5.41, 5.74) is 0. The van der Waals surface area contributed by atoms with Crippen molar-refractivity contribution >= 4 is 21.4 Å². The van der Waals surface area contributed by atoms with E-state index in [1.54, 1.807) is 18.2 Å². The van der Waals surface area contributed by atoms with Crippen LogP contribution in [-0.2, 0) is 9.84 Å². The molecule has 0 aliphatic rings. The van der Waals surface area contributed by atoms with Crippen molar-refractivity contribution < 1.29 is 13.2 Å². The molecule has 0 radical (unpaired) electrons. The molecule has 5 heteroatoms. The number of hydrogen-bond donors (Lipinski definition) is 0. The average Bonchev–Trinajstić information content (AvgIpc) is 2.29. The number of alkyl halides is 1. The minimum Gasteiger partial charge on any atom is -0.497 e. The van der Waals surface area contributed by atoms with Crippen LogP contribution < -0.4 is 4.74 Å². The van der Waals surface area contributed by atoms with Gasteiger partial charge < -0.3 is 4.74 Å². The summed E-state index contributed by atoms with van der Waals surface area (Å²) in [6.45, 7) is 0. The summed E-state index contributed by atoms with van der Waals surface area (Å²) in [4.78, 5) is 0.307. The number of ether oxygens (including phenoxy) is 1. The SMILES string of the molecule is COc1cccc(S(=O)(=O)CCCCCl)c1. The maximum atomic E-state index is 11.9. The molecule has 0 atom stereocenters. The van der Waals surface area contributed by atoms with Gasteiger partial charge >= 0.3 is 0 Å². The fourth-order valence-electron chi connectivity index (χ4n) is 1.30. The van der Waals surface area contributed by atoms with Crippen molar-refractivity contribution in [2.45, 2.75) is 17.7 Å². The third-order valence-corrected chi connectivity index (χ3v) is 4.26. The molecule has 0 spiro atoms. The van der Waals surface area contributed by atoms with E-state index in [4.69, 9.17) is 16.3 Å². The van der Waals surface area contributed by atoms with Gasteiger partial charge in [0, 0.05) is 5.88 Å². The van der Waals surface area contributed by atoms with Crippen molar-refractivity contribution in [2.24, 2.45) is 0 Å². The molecule has 0 fully saturated rings. The zero-order valence-electron chi connectivity index (χ0n) is 9.15. The molecule has 1 aromatic rings. The second-order valence-electron chi connectivity index (χ2n) is 3.39. The maximum Gasteiger partial charge on any atom is 0.178 e. The normalized spacial score (nSPS) is 11.4. The molecule has 0 aromatic heterocycles. The van der Waals surface area contributed by atoms with Gasteiger partial charge in [-0.2, -0.15) is 0 Å². The zero-order valence-corrected chi connectivity index (χ0v) is 10.7. The van der Waals surface area contributed by atoms with Crippen LogP contribution in [0.15, 0.2) is 29.2 Å². The third kappa shape index (κ3) is 3.68. The van der Waals surface area contributed by atoms with Crippen molar-refractivity contribution in [1.29, 1.82) is 0 Å². The molecule has 3 nitrogen and oxygen atoms in total. The number of sulfone groups is 1. The second kappa shape index (κ2) is 6.11. The summed E-state index contributed by atoms with van der Waals surface area (Å²) in [7, 11) is -1.69. The van der Waals surface area contributed by atoms with Gasteiger partial charge in [-0.1, -0.05) is 6.07 Å². The van der Waals surface area contributed by atoms with Gasteiger partial charge in [-0.3, -0.25) is 0 Å². The van der Waals surface area contributed by atoms with E-state index in [-0.39, 0.29) is 5.75 Å². The molecule has 16 heavy (non-hydrogen) atoms. The van der Waals surface area contributed by atoms with E-state index in [1.165, 1.54) is 13.2 Å². The van der Waals surface area contributed by atoms with E-state index < -0.39 is 9.84 Å². The van der Waals surface area contributed by atoms with Crippen LogP contribution in [0.25, 0.3) is 0 Å². The Labute approximate surface area is 101 Å². The number of hydrogen-bond acceptors (Lipinski definition) is 3. The Balaban J connectivity index is 2.81. The Hall–Kier alpha value is -0.740. The van der Waals surface area contributed by atoms with Gasteiger partial charge in [0.25, 0.3) is 0 Å². The zero-order chi connectivity index (χ0) is 12.0. The Kier molecular flexibility index (Phi) is 5.09. The molecule has 0 amide bonds. The van der Waals surface area contributed by atoms with Gasteiger partial charge in [-0.15, -0.1) is 11.6 Å². The van der Waals surface area contributed by atoms with Crippen LogP contribution in [-0.4, -0.2) is 27.2 Å². The number of methoxy groups -OCH3 is 1. The van der Waals surface area contributed by atoms with E-state index >= 15 is 0 Å². The van der Waals surface area contributed by atoms with Gasteiger partial charge in [0.2, 0.25) is 0 Å². The quantitative estimate of drug-likeness (QED) is 0.584. The third-order valence-electron chi connectivity index (χ3n) is 2.20. The van der Waals surface area contributed by atoms with E-state index in [0.717, 1.165) is 0 Å². The maximum absolute atomic E-state index is 11.9. The Bertz CT molecular complexity index is 429. The van der Waals surface area contributed by atoms with Crippen molar-refractivity contribution in [3.63, 3.8) is 0 Å².